The Hall–Kier alpha value is -3.08. The van der Waals surface area contributed by atoms with Gasteiger partial charge in [0.2, 0.25) is 0 Å². The first kappa shape index (κ1) is 16.8. The molecule has 2 aromatic heterocycles. The number of carbonyl (C=O) groups is 1. The van der Waals surface area contributed by atoms with Gasteiger partial charge in [-0.25, -0.2) is 0 Å². The summed E-state index contributed by atoms with van der Waals surface area (Å²) < 4.78 is 5.30. The molecule has 0 atom stereocenters. The number of furan rings is 1. The summed E-state index contributed by atoms with van der Waals surface area (Å²) in [6.45, 7) is 5.10. The van der Waals surface area contributed by atoms with Gasteiger partial charge < -0.3 is 14.6 Å². The maximum atomic E-state index is 12.9. The zero-order valence-electron chi connectivity index (χ0n) is 14.4. The summed E-state index contributed by atoms with van der Waals surface area (Å²) in [6, 6.07) is 15.3. The standard InChI is InChI=1S/C20H21N3O2/c1-3-23(17-7-4-6-15(2)12-17)20(24)19-13-16(9-10-21-19)22-14-18-8-5-11-25-18/h4-13H,3,14H2,1-2H3,(H,21,22). The molecule has 0 aliphatic rings. The van der Waals surface area contributed by atoms with Crippen LogP contribution in [-0.4, -0.2) is 17.4 Å². The van der Waals surface area contributed by atoms with Crippen molar-refractivity contribution in [1.29, 1.82) is 0 Å². The van der Waals surface area contributed by atoms with Crippen molar-refractivity contribution < 1.29 is 9.21 Å². The first-order chi connectivity index (χ1) is 12.2. The predicted molar refractivity (Wildman–Crippen MR) is 98.8 cm³/mol. The van der Waals surface area contributed by atoms with Crippen LogP contribution in [0, 0.1) is 6.92 Å². The van der Waals surface area contributed by atoms with Gasteiger partial charge in [-0.15, -0.1) is 0 Å². The Kier molecular flexibility index (Phi) is 5.14. The van der Waals surface area contributed by atoms with E-state index in [2.05, 4.69) is 10.3 Å². The molecule has 128 valence electrons. The molecule has 1 aromatic carbocycles. The van der Waals surface area contributed by atoms with Crippen molar-refractivity contribution in [2.45, 2.75) is 20.4 Å². The van der Waals surface area contributed by atoms with Crippen molar-refractivity contribution in [2.75, 3.05) is 16.8 Å². The summed E-state index contributed by atoms with van der Waals surface area (Å²) >= 11 is 0. The molecule has 2 heterocycles. The molecule has 0 fully saturated rings. The molecule has 0 saturated carbocycles. The van der Waals surface area contributed by atoms with Crippen molar-refractivity contribution in [3.05, 3.63) is 78.0 Å². The lowest BCUT2D eigenvalue weighted by atomic mass is 10.2. The van der Waals surface area contributed by atoms with E-state index in [-0.39, 0.29) is 5.91 Å². The second-order valence-corrected chi connectivity index (χ2v) is 5.75. The van der Waals surface area contributed by atoms with Crippen LogP contribution in [0.5, 0.6) is 0 Å². The average molecular weight is 335 g/mol. The maximum absolute atomic E-state index is 12.9. The van der Waals surface area contributed by atoms with Crippen molar-refractivity contribution in [3.8, 4) is 0 Å². The van der Waals surface area contributed by atoms with Crippen LogP contribution in [0.15, 0.2) is 65.4 Å². The minimum atomic E-state index is -0.116. The van der Waals surface area contributed by atoms with Crippen LogP contribution in [-0.2, 0) is 6.54 Å². The van der Waals surface area contributed by atoms with E-state index >= 15 is 0 Å². The van der Waals surface area contributed by atoms with Crippen LogP contribution in [0.3, 0.4) is 0 Å². The summed E-state index contributed by atoms with van der Waals surface area (Å²) in [5, 5.41) is 3.24. The molecule has 0 radical (unpaired) electrons. The van der Waals surface area contributed by atoms with Gasteiger partial charge in [-0.3, -0.25) is 9.78 Å². The van der Waals surface area contributed by atoms with E-state index in [0.29, 0.717) is 18.8 Å². The molecular weight excluding hydrogens is 314 g/mol. The molecule has 0 aliphatic carbocycles. The van der Waals surface area contributed by atoms with E-state index in [1.165, 1.54) is 0 Å². The Bertz CT molecular complexity index is 844. The van der Waals surface area contributed by atoms with Gasteiger partial charge in [0, 0.05) is 24.1 Å². The second kappa shape index (κ2) is 7.66. The number of hydrogen-bond acceptors (Lipinski definition) is 4. The molecular formula is C20H21N3O2. The van der Waals surface area contributed by atoms with E-state index in [4.69, 9.17) is 4.42 Å². The maximum Gasteiger partial charge on any atom is 0.276 e. The number of pyridine rings is 1. The lowest BCUT2D eigenvalue weighted by molar-refractivity contribution is 0.0983. The third-order valence-electron chi connectivity index (χ3n) is 3.90. The van der Waals surface area contributed by atoms with E-state index in [1.54, 1.807) is 23.4 Å². The number of hydrogen-bond donors (Lipinski definition) is 1. The number of amides is 1. The molecule has 5 nitrogen and oxygen atoms in total. The Labute approximate surface area is 147 Å². The number of aromatic nitrogens is 1. The Morgan fingerprint density at radius 1 is 1.20 bits per heavy atom. The number of carbonyl (C=O) groups excluding carboxylic acids is 1. The van der Waals surface area contributed by atoms with Crippen molar-refractivity contribution >= 4 is 17.3 Å². The van der Waals surface area contributed by atoms with E-state index < -0.39 is 0 Å². The minimum absolute atomic E-state index is 0.116. The zero-order chi connectivity index (χ0) is 17.6. The van der Waals surface area contributed by atoms with Crippen LogP contribution in [0.4, 0.5) is 11.4 Å². The molecule has 5 heteroatoms. The van der Waals surface area contributed by atoms with Crippen LogP contribution >= 0.6 is 0 Å². The molecule has 0 saturated heterocycles. The average Bonchev–Trinajstić information content (AvgIpc) is 3.14. The largest absolute Gasteiger partial charge is 0.467 e. The Balaban J connectivity index is 1.77. The molecule has 3 rings (SSSR count). The fourth-order valence-electron chi connectivity index (χ4n) is 2.64. The predicted octanol–water partition coefficient (Wildman–Crippen LogP) is 4.26. The monoisotopic (exact) mass is 335 g/mol. The fourth-order valence-corrected chi connectivity index (χ4v) is 2.64. The summed E-state index contributed by atoms with van der Waals surface area (Å²) in [4.78, 5) is 18.9. The molecule has 0 aliphatic heterocycles. The van der Waals surface area contributed by atoms with Crippen molar-refractivity contribution in [3.63, 3.8) is 0 Å². The van der Waals surface area contributed by atoms with Gasteiger partial charge in [0.05, 0.1) is 12.8 Å². The molecule has 25 heavy (non-hydrogen) atoms. The van der Waals surface area contributed by atoms with Gasteiger partial charge in [0.15, 0.2) is 0 Å². The summed E-state index contributed by atoms with van der Waals surface area (Å²) in [6.07, 6.45) is 3.28. The molecule has 1 N–H and O–H groups in total. The number of anilines is 2. The number of nitrogens with zero attached hydrogens (tertiary/aromatic N) is 2. The Morgan fingerprint density at radius 2 is 2.08 bits per heavy atom. The summed E-state index contributed by atoms with van der Waals surface area (Å²) in [7, 11) is 0. The highest BCUT2D eigenvalue weighted by Gasteiger charge is 2.17. The van der Waals surface area contributed by atoms with Crippen LogP contribution < -0.4 is 10.2 Å². The molecule has 0 unspecified atom stereocenters. The third kappa shape index (κ3) is 4.07. The molecule has 3 aromatic rings. The lowest BCUT2D eigenvalue weighted by Crippen LogP contribution is -2.31. The van der Waals surface area contributed by atoms with Crippen LogP contribution in [0.25, 0.3) is 0 Å². The van der Waals surface area contributed by atoms with Crippen molar-refractivity contribution in [2.24, 2.45) is 0 Å². The zero-order valence-corrected chi connectivity index (χ0v) is 14.4. The highest BCUT2D eigenvalue weighted by Crippen LogP contribution is 2.19. The smallest absolute Gasteiger partial charge is 0.276 e. The van der Waals surface area contributed by atoms with Gasteiger partial charge in [-0.1, -0.05) is 12.1 Å². The summed E-state index contributed by atoms with van der Waals surface area (Å²) in [5.41, 5.74) is 3.23. The normalized spacial score (nSPS) is 10.5. The van der Waals surface area contributed by atoms with Gasteiger partial charge in [-0.2, -0.15) is 0 Å². The highest BCUT2D eigenvalue weighted by molar-refractivity contribution is 6.05. The number of rotatable bonds is 6. The number of benzene rings is 1. The third-order valence-corrected chi connectivity index (χ3v) is 3.90. The Morgan fingerprint density at radius 3 is 2.80 bits per heavy atom. The fraction of sp³-hybridized carbons (Fsp3) is 0.200. The van der Waals surface area contributed by atoms with E-state index in [9.17, 15) is 4.79 Å². The first-order valence-electron chi connectivity index (χ1n) is 8.28. The van der Waals surface area contributed by atoms with Gasteiger partial charge in [0.1, 0.15) is 11.5 Å². The molecule has 1 amide bonds. The topological polar surface area (TPSA) is 58.4 Å². The number of aryl methyl sites for hydroxylation is 1. The van der Waals surface area contributed by atoms with Crippen molar-refractivity contribution in [1.82, 2.24) is 4.98 Å². The minimum Gasteiger partial charge on any atom is -0.467 e. The van der Waals surface area contributed by atoms with Crippen LogP contribution in [0.1, 0.15) is 28.7 Å². The van der Waals surface area contributed by atoms with Gasteiger partial charge in [0.25, 0.3) is 5.91 Å². The highest BCUT2D eigenvalue weighted by atomic mass is 16.3. The first-order valence-corrected chi connectivity index (χ1v) is 8.28. The van der Waals surface area contributed by atoms with E-state index in [1.807, 2.05) is 56.3 Å². The molecule has 0 spiro atoms. The summed E-state index contributed by atoms with van der Waals surface area (Å²) in [5.74, 6) is 0.717. The lowest BCUT2D eigenvalue weighted by Gasteiger charge is -2.21. The van der Waals surface area contributed by atoms with E-state index in [0.717, 1.165) is 22.7 Å². The van der Waals surface area contributed by atoms with Crippen LogP contribution in [0.2, 0.25) is 0 Å². The second-order valence-electron chi connectivity index (χ2n) is 5.75. The number of nitrogens with one attached hydrogen (secondary N) is 1. The van der Waals surface area contributed by atoms with Gasteiger partial charge >= 0.3 is 0 Å². The van der Waals surface area contributed by atoms with Gasteiger partial charge in [-0.05, 0) is 55.8 Å². The SMILES string of the molecule is CCN(C(=O)c1cc(NCc2ccco2)ccn1)c1cccc(C)c1. The quantitative estimate of drug-likeness (QED) is 0.731. The molecule has 0 bridgehead atoms.